The third-order valence-corrected chi connectivity index (χ3v) is 3.17. The van der Waals surface area contributed by atoms with E-state index in [1.807, 2.05) is 6.92 Å². The number of nitrogens with zero attached hydrogens (tertiary/aromatic N) is 1. The van der Waals surface area contributed by atoms with E-state index in [0.717, 1.165) is 31.3 Å². The Balaban J connectivity index is 2.19. The Morgan fingerprint density at radius 2 is 2.23 bits per heavy atom. The van der Waals surface area contributed by atoms with Crippen LogP contribution in [-0.4, -0.2) is 40.6 Å². The molecule has 2 nitrogen and oxygen atoms in total. The Labute approximate surface area is 89.4 Å². The van der Waals surface area contributed by atoms with Crippen LogP contribution in [0.2, 0.25) is 0 Å². The molecule has 1 saturated heterocycles. The number of hydrogen-bond donors (Lipinski definition) is 1. The van der Waals surface area contributed by atoms with Gasteiger partial charge in [-0.05, 0) is 45.7 Å². The third kappa shape index (κ3) is 4.43. The first-order valence-electron chi connectivity index (χ1n) is 5.15. The zero-order valence-corrected chi connectivity index (χ0v) is 10.0. The van der Waals surface area contributed by atoms with Crippen LogP contribution >= 0.6 is 15.9 Å². The second-order valence-corrected chi connectivity index (χ2v) is 5.07. The molecule has 1 aliphatic heterocycles. The monoisotopic (exact) mass is 249 g/mol. The van der Waals surface area contributed by atoms with Gasteiger partial charge in [-0.15, -0.1) is 0 Å². The average molecular weight is 250 g/mol. The summed E-state index contributed by atoms with van der Waals surface area (Å²) in [5, 5.41) is 10.9. The molecule has 0 aliphatic carbocycles. The molecule has 0 saturated carbocycles. The van der Waals surface area contributed by atoms with E-state index in [0.29, 0.717) is 0 Å². The topological polar surface area (TPSA) is 23.5 Å². The van der Waals surface area contributed by atoms with Gasteiger partial charge >= 0.3 is 0 Å². The maximum Gasteiger partial charge on any atom is 0.0746 e. The van der Waals surface area contributed by atoms with Crippen molar-refractivity contribution in [3.05, 3.63) is 0 Å². The van der Waals surface area contributed by atoms with E-state index in [1.165, 1.54) is 19.4 Å². The lowest BCUT2D eigenvalue weighted by atomic mass is 9.95. The maximum absolute atomic E-state index is 9.85. The first-order chi connectivity index (χ1) is 6.14. The van der Waals surface area contributed by atoms with Crippen molar-refractivity contribution in [1.82, 2.24) is 4.90 Å². The van der Waals surface area contributed by atoms with E-state index in [9.17, 15) is 5.11 Å². The molecule has 78 valence electrons. The van der Waals surface area contributed by atoms with Crippen molar-refractivity contribution in [2.45, 2.75) is 38.2 Å². The van der Waals surface area contributed by atoms with Crippen LogP contribution in [-0.2, 0) is 0 Å². The summed E-state index contributed by atoms with van der Waals surface area (Å²) in [7, 11) is 0. The molecule has 0 aromatic rings. The normalized spacial score (nSPS) is 30.7. The van der Waals surface area contributed by atoms with E-state index in [1.54, 1.807) is 0 Å². The SMILES string of the molecule is CC1(O)CCCN(CCCCBr)C1. The van der Waals surface area contributed by atoms with Crippen LogP contribution in [0, 0.1) is 0 Å². The van der Waals surface area contributed by atoms with Gasteiger partial charge in [0.15, 0.2) is 0 Å². The molecule has 1 fully saturated rings. The number of aliphatic hydroxyl groups is 1. The van der Waals surface area contributed by atoms with Crippen molar-refractivity contribution in [3.63, 3.8) is 0 Å². The molecule has 0 aromatic carbocycles. The fourth-order valence-corrected chi connectivity index (χ4v) is 2.34. The number of unbranched alkanes of at least 4 members (excludes halogenated alkanes) is 1. The Hall–Kier alpha value is 0.400. The molecule has 1 atom stereocenters. The van der Waals surface area contributed by atoms with E-state index >= 15 is 0 Å². The Kier molecular flexibility index (Phi) is 4.70. The summed E-state index contributed by atoms with van der Waals surface area (Å²) < 4.78 is 0. The molecule has 0 aromatic heterocycles. The predicted molar refractivity (Wildman–Crippen MR) is 59.3 cm³/mol. The van der Waals surface area contributed by atoms with Gasteiger partial charge in [-0.3, -0.25) is 0 Å². The fourth-order valence-electron chi connectivity index (χ4n) is 1.94. The quantitative estimate of drug-likeness (QED) is 0.609. The summed E-state index contributed by atoms with van der Waals surface area (Å²) in [6, 6.07) is 0. The molecule has 0 amide bonds. The minimum absolute atomic E-state index is 0.438. The maximum atomic E-state index is 9.85. The lowest BCUT2D eigenvalue weighted by Gasteiger charge is -2.36. The molecule has 1 N–H and O–H groups in total. The zero-order chi connectivity index (χ0) is 9.73. The second kappa shape index (κ2) is 5.32. The van der Waals surface area contributed by atoms with E-state index in [-0.39, 0.29) is 0 Å². The minimum Gasteiger partial charge on any atom is -0.389 e. The number of piperidine rings is 1. The number of halogens is 1. The number of rotatable bonds is 4. The van der Waals surface area contributed by atoms with Crippen LogP contribution < -0.4 is 0 Å². The highest BCUT2D eigenvalue weighted by Crippen LogP contribution is 2.20. The second-order valence-electron chi connectivity index (χ2n) is 4.27. The highest BCUT2D eigenvalue weighted by molar-refractivity contribution is 9.09. The van der Waals surface area contributed by atoms with Gasteiger partial charge in [-0.2, -0.15) is 0 Å². The summed E-state index contributed by atoms with van der Waals surface area (Å²) in [6.07, 6.45) is 4.57. The molecule has 1 rings (SSSR count). The van der Waals surface area contributed by atoms with Gasteiger partial charge < -0.3 is 10.0 Å². The van der Waals surface area contributed by atoms with Crippen molar-refractivity contribution in [1.29, 1.82) is 0 Å². The molecule has 0 spiro atoms. The Morgan fingerprint density at radius 1 is 1.46 bits per heavy atom. The van der Waals surface area contributed by atoms with Gasteiger partial charge in [0.1, 0.15) is 0 Å². The van der Waals surface area contributed by atoms with Crippen molar-refractivity contribution in [2.24, 2.45) is 0 Å². The number of β-amino-alcohol motifs (C(OH)–C–C–N with tert-alkyl or cyclic N) is 1. The predicted octanol–water partition coefficient (Wildman–Crippen LogP) is 2.01. The summed E-state index contributed by atoms with van der Waals surface area (Å²) >= 11 is 3.43. The van der Waals surface area contributed by atoms with Gasteiger partial charge in [0.2, 0.25) is 0 Å². The van der Waals surface area contributed by atoms with Crippen LogP contribution in [0.15, 0.2) is 0 Å². The molecule has 3 heteroatoms. The van der Waals surface area contributed by atoms with Gasteiger partial charge in [-0.1, -0.05) is 15.9 Å². The van der Waals surface area contributed by atoms with E-state index in [4.69, 9.17) is 0 Å². The van der Waals surface area contributed by atoms with Crippen molar-refractivity contribution >= 4 is 15.9 Å². The fraction of sp³-hybridized carbons (Fsp3) is 1.00. The van der Waals surface area contributed by atoms with Gasteiger partial charge in [0.05, 0.1) is 5.60 Å². The summed E-state index contributed by atoms with van der Waals surface area (Å²) in [6.45, 7) is 5.11. The van der Waals surface area contributed by atoms with Crippen LogP contribution in [0.5, 0.6) is 0 Å². The van der Waals surface area contributed by atoms with Crippen LogP contribution in [0.4, 0.5) is 0 Å². The molecular formula is C10H20BrNO. The number of alkyl halides is 1. The average Bonchev–Trinajstić information content (AvgIpc) is 2.03. The van der Waals surface area contributed by atoms with E-state index < -0.39 is 5.60 Å². The van der Waals surface area contributed by atoms with Crippen LogP contribution in [0.3, 0.4) is 0 Å². The third-order valence-electron chi connectivity index (χ3n) is 2.61. The van der Waals surface area contributed by atoms with E-state index in [2.05, 4.69) is 20.8 Å². The Morgan fingerprint density at radius 3 is 2.85 bits per heavy atom. The molecular weight excluding hydrogens is 230 g/mol. The summed E-state index contributed by atoms with van der Waals surface area (Å²) in [5.41, 5.74) is -0.438. The largest absolute Gasteiger partial charge is 0.389 e. The van der Waals surface area contributed by atoms with Crippen LogP contribution in [0.1, 0.15) is 32.6 Å². The van der Waals surface area contributed by atoms with Crippen molar-refractivity contribution in [3.8, 4) is 0 Å². The van der Waals surface area contributed by atoms with Crippen LogP contribution in [0.25, 0.3) is 0 Å². The molecule has 1 heterocycles. The van der Waals surface area contributed by atoms with Gasteiger partial charge in [-0.25, -0.2) is 0 Å². The molecule has 13 heavy (non-hydrogen) atoms. The lowest BCUT2D eigenvalue weighted by Crippen LogP contribution is -2.46. The summed E-state index contributed by atoms with van der Waals surface area (Å²) in [5.74, 6) is 0. The lowest BCUT2D eigenvalue weighted by molar-refractivity contribution is -0.0156. The number of likely N-dealkylation sites (tertiary alicyclic amines) is 1. The summed E-state index contributed by atoms with van der Waals surface area (Å²) in [4.78, 5) is 2.38. The Bertz CT molecular complexity index is 150. The molecule has 0 radical (unpaired) electrons. The highest BCUT2D eigenvalue weighted by atomic mass is 79.9. The first kappa shape index (κ1) is 11.5. The standard InChI is InChI=1S/C10H20BrNO/c1-10(13)5-4-8-12(9-10)7-3-2-6-11/h13H,2-9H2,1H3. The minimum atomic E-state index is -0.438. The molecule has 0 bridgehead atoms. The molecule has 1 aliphatic rings. The smallest absolute Gasteiger partial charge is 0.0746 e. The first-order valence-corrected chi connectivity index (χ1v) is 6.27. The van der Waals surface area contributed by atoms with Gasteiger partial charge in [0.25, 0.3) is 0 Å². The highest BCUT2D eigenvalue weighted by Gasteiger charge is 2.27. The zero-order valence-electron chi connectivity index (χ0n) is 8.43. The van der Waals surface area contributed by atoms with Crippen molar-refractivity contribution in [2.75, 3.05) is 25.0 Å². The van der Waals surface area contributed by atoms with Crippen molar-refractivity contribution < 1.29 is 5.11 Å². The van der Waals surface area contributed by atoms with Gasteiger partial charge in [0, 0.05) is 11.9 Å². The molecule has 1 unspecified atom stereocenters. The number of hydrogen-bond acceptors (Lipinski definition) is 2.